The lowest BCUT2D eigenvalue weighted by Gasteiger charge is -2.39. The molecule has 0 bridgehead atoms. The molecule has 0 radical (unpaired) electrons. The van der Waals surface area contributed by atoms with Gasteiger partial charge in [-0.3, -0.25) is 19.2 Å². The van der Waals surface area contributed by atoms with Crippen molar-refractivity contribution >= 4 is 110 Å². The van der Waals surface area contributed by atoms with Gasteiger partial charge in [-0.1, -0.05) is 51.4 Å². The zero-order chi connectivity index (χ0) is 31.6. The molecule has 0 amide bonds. The standard InChI is InChI=1S/C36H34N4O4S3/c41-31-19-9-15-5-1-2-6-16(15)10-20(19)32(42)29(31)37-25-13-23-27-28(40-47-39-27)24-14-26(46-36(24)35(23)45-25)38-30-33(43)21-11-17-7-3-4-8-18(17)12-22(21)34(30)44/h13-22H,1-12H2. The first-order valence-electron chi connectivity index (χ1n) is 17.4. The molecule has 6 saturated carbocycles. The molecule has 3 heterocycles. The van der Waals surface area contributed by atoms with Gasteiger partial charge in [0.1, 0.15) is 21.0 Å². The zero-order valence-electron chi connectivity index (χ0n) is 25.9. The molecule has 3 aromatic heterocycles. The summed E-state index contributed by atoms with van der Waals surface area (Å²) >= 11 is 4.03. The van der Waals surface area contributed by atoms with Crippen LogP contribution in [-0.4, -0.2) is 43.3 Å². The van der Waals surface area contributed by atoms with Crippen LogP contribution < -0.4 is 0 Å². The van der Waals surface area contributed by atoms with Gasteiger partial charge in [-0.2, -0.15) is 8.75 Å². The molecule has 47 heavy (non-hydrogen) atoms. The first-order chi connectivity index (χ1) is 22.9. The van der Waals surface area contributed by atoms with Gasteiger partial charge in [0.2, 0.25) is 0 Å². The van der Waals surface area contributed by atoms with E-state index in [0.29, 0.717) is 33.7 Å². The minimum absolute atomic E-state index is 0.0768. The lowest BCUT2D eigenvalue weighted by Crippen LogP contribution is -2.35. The molecular weight excluding hydrogens is 649 g/mol. The van der Waals surface area contributed by atoms with Gasteiger partial charge in [0.15, 0.2) is 34.6 Å². The molecule has 8 unspecified atom stereocenters. The van der Waals surface area contributed by atoms with Gasteiger partial charge < -0.3 is 0 Å². The Morgan fingerprint density at radius 2 is 0.872 bits per heavy atom. The first-order valence-corrected chi connectivity index (χ1v) is 19.7. The Morgan fingerprint density at radius 3 is 1.21 bits per heavy atom. The second kappa shape index (κ2) is 10.7. The summed E-state index contributed by atoms with van der Waals surface area (Å²) in [6, 6.07) is 3.86. The predicted molar refractivity (Wildman–Crippen MR) is 186 cm³/mol. The molecule has 4 aromatic rings. The number of benzene rings is 1. The summed E-state index contributed by atoms with van der Waals surface area (Å²) in [5.74, 6) is 1.06. The molecule has 6 aliphatic carbocycles. The van der Waals surface area contributed by atoms with Crippen LogP contribution in [0.5, 0.6) is 0 Å². The highest BCUT2D eigenvalue weighted by molar-refractivity contribution is 7.30. The van der Waals surface area contributed by atoms with Crippen molar-refractivity contribution < 1.29 is 19.2 Å². The highest BCUT2D eigenvalue weighted by atomic mass is 32.1. The van der Waals surface area contributed by atoms with Crippen molar-refractivity contribution in [2.45, 2.75) is 77.0 Å². The number of fused-ring (bicyclic) bond motifs is 10. The molecule has 1 aromatic carbocycles. The van der Waals surface area contributed by atoms with Crippen molar-refractivity contribution in [3.05, 3.63) is 12.1 Å². The average Bonchev–Trinajstić information content (AvgIpc) is 3.90. The normalized spacial score (nSPS) is 33.9. The Hall–Kier alpha value is -3.02. The predicted octanol–water partition coefficient (Wildman–Crippen LogP) is 8.23. The topological polar surface area (TPSA) is 119 Å². The minimum atomic E-state index is -0.219. The van der Waals surface area contributed by atoms with Crippen LogP contribution in [0.25, 0.3) is 31.2 Å². The molecule has 10 rings (SSSR count). The van der Waals surface area contributed by atoms with Gasteiger partial charge >= 0.3 is 0 Å². The molecule has 8 atom stereocenters. The van der Waals surface area contributed by atoms with E-state index >= 15 is 0 Å². The molecular formula is C36H34N4O4S3. The number of hydrogen-bond donors (Lipinski definition) is 0. The number of aromatic nitrogens is 2. The third-order valence-corrected chi connectivity index (χ3v) is 15.4. The third-order valence-electron chi connectivity index (χ3n) is 12.7. The maximum Gasteiger partial charge on any atom is 0.188 e. The molecule has 240 valence electrons. The van der Waals surface area contributed by atoms with Crippen LogP contribution in [0, 0.1) is 47.3 Å². The fourth-order valence-electron chi connectivity index (χ4n) is 10.4. The summed E-state index contributed by atoms with van der Waals surface area (Å²) in [7, 11) is 0. The number of Topliss-reactive ketones (excluding diaryl/α,β-unsaturated/α-hetero) is 4. The molecule has 0 aliphatic heterocycles. The van der Waals surface area contributed by atoms with Crippen LogP contribution in [0.1, 0.15) is 77.0 Å². The number of hydrogen-bond acceptors (Lipinski definition) is 11. The van der Waals surface area contributed by atoms with E-state index in [9.17, 15) is 19.2 Å². The number of thiophene rings is 2. The highest BCUT2D eigenvalue weighted by Crippen LogP contribution is 2.52. The Labute approximate surface area is 283 Å². The number of ketones is 4. The number of carbonyl (C=O) groups is 4. The number of aliphatic imine (C=N–C) groups is 2. The summed E-state index contributed by atoms with van der Waals surface area (Å²) in [5.41, 5.74) is 1.74. The lowest BCUT2D eigenvalue weighted by molar-refractivity contribution is -0.123. The number of carbonyl (C=O) groups excluding carboxylic acids is 4. The van der Waals surface area contributed by atoms with E-state index in [0.717, 1.165) is 68.6 Å². The van der Waals surface area contributed by atoms with Crippen molar-refractivity contribution in [2.24, 2.45) is 57.3 Å². The fourth-order valence-corrected chi connectivity index (χ4v) is 13.2. The van der Waals surface area contributed by atoms with Crippen LogP contribution in [0.4, 0.5) is 10.0 Å². The Balaban J connectivity index is 1.02. The van der Waals surface area contributed by atoms with Crippen molar-refractivity contribution in [3.8, 4) is 0 Å². The molecule has 0 saturated heterocycles. The van der Waals surface area contributed by atoms with E-state index in [1.54, 1.807) is 0 Å². The zero-order valence-corrected chi connectivity index (χ0v) is 28.4. The molecule has 8 nitrogen and oxygen atoms in total. The second-order valence-corrected chi connectivity index (χ2v) is 17.6. The molecule has 6 aliphatic rings. The highest BCUT2D eigenvalue weighted by Gasteiger charge is 2.53. The van der Waals surface area contributed by atoms with Gasteiger partial charge in [0.25, 0.3) is 0 Å². The fraction of sp³-hybridized carbons (Fsp3) is 0.556. The molecule has 11 heteroatoms. The van der Waals surface area contributed by atoms with Crippen molar-refractivity contribution in [1.29, 1.82) is 0 Å². The van der Waals surface area contributed by atoms with E-state index in [2.05, 4.69) is 8.75 Å². The largest absolute Gasteiger partial charge is 0.292 e. The monoisotopic (exact) mass is 682 g/mol. The van der Waals surface area contributed by atoms with Crippen LogP contribution in [0.15, 0.2) is 22.1 Å². The van der Waals surface area contributed by atoms with Crippen LogP contribution in [0.3, 0.4) is 0 Å². The van der Waals surface area contributed by atoms with E-state index in [1.165, 1.54) is 74.0 Å². The molecule has 0 spiro atoms. The number of rotatable bonds is 2. The van der Waals surface area contributed by atoms with Gasteiger partial charge in [-0.05, 0) is 61.5 Å². The maximum absolute atomic E-state index is 13.6. The SMILES string of the molecule is O=C1C(=Nc2cc3c4nsnc4c4cc(N=C5C(=O)C6CC7CCCCC7CC6C5=O)sc4c3s2)C(=O)C2CC3CCCCC3CC12. The summed E-state index contributed by atoms with van der Waals surface area (Å²) in [6.07, 6.45) is 12.9. The first kappa shape index (κ1) is 28.9. The summed E-state index contributed by atoms with van der Waals surface area (Å²) in [4.78, 5) is 63.8. The van der Waals surface area contributed by atoms with Crippen LogP contribution in [0.2, 0.25) is 0 Å². The minimum Gasteiger partial charge on any atom is -0.292 e. The quantitative estimate of drug-likeness (QED) is 0.210. The molecule has 0 N–H and O–H groups in total. The van der Waals surface area contributed by atoms with Crippen molar-refractivity contribution in [1.82, 2.24) is 8.75 Å². The van der Waals surface area contributed by atoms with E-state index in [1.807, 2.05) is 12.1 Å². The van der Waals surface area contributed by atoms with E-state index in [4.69, 9.17) is 9.98 Å². The lowest BCUT2D eigenvalue weighted by atomic mass is 9.64. The van der Waals surface area contributed by atoms with Crippen LogP contribution in [-0.2, 0) is 19.2 Å². The molecule has 6 fully saturated rings. The van der Waals surface area contributed by atoms with Gasteiger partial charge in [0.05, 0.1) is 21.1 Å². The van der Waals surface area contributed by atoms with Gasteiger partial charge in [-0.15, -0.1) is 22.7 Å². The van der Waals surface area contributed by atoms with Crippen LogP contribution >= 0.6 is 34.4 Å². The summed E-state index contributed by atoms with van der Waals surface area (Å²) < 4.78 is 11.1. The average molecular weight is 683 g/mol. The smallest absolute Gasteiger partial charge is 0.188 e. The van der Waals surface area contributed by atoms with E-state index in [-0.39, 0.29) is 58.2 Å². The number of nitrogens with zero attached hydrogens (tertiary/aromatic N) is 4. The van der Waals surface area contributed by atoms with E-state index < -0.39 is 0 Å². The van der Waals surface area contributed by atoms with Crippen molar-refractivity contribution in [2.75, 3.05) is 0 Å². The maximum atomic E-state index is 13.6. The van der Waals surface area contributed by atoms with Gasteiger partial charge in [0, 0.05) is 34.4 Å². The Morgan fingerprint density at radius 1 is 0.532 bits per heavy atom. The second-order valence-electron chi connectivity index (χ2n) is 15.0. The Bertz CT molecular complexity index is 1910. The van der Waals surface area contributed by atoms with Crippen molar-refractivity contribution in [3.63, 3.8) is 0 Å². The summed E-state index contributed by atoms with van der Waals surface area (Å²) in [6.45, 7) is 0. The Kier molecular flexibility index (Phi) is 6.61. The third kappa shape index (κ3) is 4.34. The summed E-state index contributed by atoms with van der Waals surface area (Å²) in [5, 5.41) is 2.99. The van der Waals surface area contributed by atoms with Gasteiger partial charge in [-0.25, -0.2) is 9.98 Å².